The zero-order valence-corrected chi connectivity index (χ0v) is 21.4. The van der Waals surface area contributed by atoms with Crippen molar-refractivity contribution in [1.82, 2.24) is 4.98 Å². The first-order valence-electron chi connectivity index (χ1n) is 11.2. The van der Waals surface area contributed by atoms with Crippen LogP contribution in [0.2, 0.25) is 10.0 Å². The number of halogens is 2. The highest BCUT2D eigenvalue weighted by Crippen LogP contribution is 2.30. The monoisotopic (exact) mass is 533 g/mol. The SMILES string of the molecule is CCCOC(=O)[C@@H](C)Oc1ccc(OC(=O)[C@@H](C)Oc2ccc(Oc3ncc(Cl)cc3Cl)cc2)cc1. The highest BCUT2D eigenvalue weighted by molar-refractivity contribution is 6.35. The normalized spacial score (nSPS) is 12.2. The second kappa shape index (κ2) is 13.0. The van der Waals surface area contributed by atoms with E-state index in [-0.39, 0.29) is 10.9 Å². The minimum absolute atomic E-state index is 0.217. The zero-order chi connectivity index (χ0) is 26.1. The molecule has 1 heterocycles. The van der Waals surface area contributed by atoms with E-state index in [0.29, 0.717) is 34.6 Å². The molecule has 8 nitrogen and oxygen atoms in total. The lowest BCUT2D eigenvalue weighted by atomic mass is 10.3. The predicted octanol–water partition coefficient (Wildman–Crippen LogP) is 6.27. The van der Waals surface area contributed by atoms with Gasteiger partial charge in [0.25, 0.3) is 0 Å². The fourth-order valence-corrected chi connectivity index (χ4v) is 3.20. The van der Waals surface area contributed by atoms with Crippen LogP contribution in [-0.4, -0.2) is 35.7 Å². The van der Waals surface area contributed by atoms with Crippen LogP contribution in [0.1, 0.15) is 27.2 Å². The van der Waals surface area contributed by atoms with Crippen molar-refractivity contribution < 1.29 is 33.3 Å². The summed E-state index contributed by atoms with van der Waals surface area (Å²) in [7, 11) is 0. The molecule has 10 heteroatoms. The first-order valence-corrected chi connectivity index (χ1v) is 11.9. The molecule has 36 heavy (non-hydrogen) atoms. The van der Waals surface area contributed by atoms with Crippen molar-refractivity contribution in [2.24, 2.45) is 0 Å². The standard InChI is InChI=1S/C26H25Cl2NO7/c1-4-13-32-25(30)16(2)33-19-7-11-22(12-8-19)36-26(31)17(3)34-20-5-9-21(10-6-20)35-24-23(28)14-18(27)15-29-24/h5-12,14-17H,4,13H2,1-3H3/t16-,17-/m1/s1. The van der Waals surface area contributed by atoms with Gasteiger partial charge in [-0.25, -0.2) is 14.6 Å². The quantitative estimate of drug-likeness (QED) is 0.210. The van der Waals surface area contributed by atoms with Gasteiger partial charge in [0.05, 0.1) is 11.6 Å². The first-order chi connectivity index (χ1) is 17.2. The Balaban J connectivity index is 1.49. The summed E-state index contributed by atoms with van der Waals surface area (Å²) >= 11 is 11.9. The van der Waals surface area contributed by atoms with Gasteiger partial charge >= 0.3 is 11.9 Å². The zero-order valence-electron chi connectivity index (χ0n) is 19.9. The number of aromatic nitrogens is 1. The van der Waals surface area contributed by atoms with Crippen LogP contribution in [-0.2, 0) is 14.3 Å². The molecule has 0 fully saturated rings. The maximum Gasteiger partial charge on any atom is 0.352 e. The summed E-state index contributed by atoms with van der Waals surface area (Å²) in [6.45, 7) is 5.43. The van der Waals surface area contributed by atoms with Gasteiger partial charge in [0, 0.05) is 6.20 Å². The average molecular weight is 534 g/mol. The second-order valence-corrected chi connectivity index (χ2v) is 8.44. The van der Waals surface area contributed by atoms with E-state index < -0.39 is 24.1 Å². The number of carbonyl (C=O) groups excluding carboxylic acids is 2. The molecule has 0 aliphatic carbocycles. The lowest BCUT2D eigenvalue weighted by Gasteiger charge is -2.15. The molecule has 3 rings (SSSR count). The summed E-state index contributed by atoms with van der Waals surface area (Å²) in [6.07, 6.45) is 0.528. The first kappa shape index (κ1) is 27.1. The third-order valence-corrected chi connectivity index (χ3v) is 5.07. The Morgan fingerprint density at radius 1 is 0.833 bits per heavy atom. The fourth-order valence-electron chi connectivity index (χ4n) is 2.78. The van der Waals surface area contributed by atoms with E-state index in [4.69, 9.17) is 46.9 Å². The van der Waals surface area contributed by atoms with E-state index >= 15 is 0 Å². The Hall–Kier alpha value is -3.49. The summed E-state index contributed by atoms with van der Waals surface area (Å²) < 4.78 is 27.3. The van der Waals surface area contributed by atoms with Crippen LogP contribution in [0.4, 0.5) is 0 Å². The Kier molecular flexibility index (Phi) is 9.78. The summed E-state index contributed by atoms with van der Waals surface area (Å²) in [5.41, 5.74) is 0. The van der Waals surface area contributed by atoms with E-state index in [1.54, 1.807) is 62.4 Å². The third-order valence-electron chi connectivity index (χ3n) is 4.59. The van der Waals surface area contributed by atoms with Crippen molar-refractivity contribution in [2.75, 3.05) is 6.61 Å². The second-order valence-electron chi connectivity index (χ2n) is 7.59. The number of hydrogen-bond acceptors (Lipinski definition) is 8. The maximum absolute atomic E-state index is 12.4. The summed E-state index contributed by atoms with van der Waals surface area (Å²) in [5.74, 6) is 0.853. The Bertz CT molecular complexity index is 1170. The van der Waals surface area contributed by atoms with Crippen LogP contribution < -0.4 is 18.9 Å². The van der Waals surface area contributed by atoms with Crippen LogP contribution in [0.3, 0.4) is 0 Å². The Labute approximate surface area is 219 Å². The Morgan fingerprint density at radius 2 is 1.36 bits per heavy atom. The molecule has 0 bridgehead atoms. The average Bonchev–Trinajstić information content (AvgIpc) is 2.86. The molecule has 3 aromatic rings. The van der Waals surface area contributed by atoms with Crippen molar-refractivity contribution in [1.29, 1.82) is 0 Å². The van der Waals surface area contributed by atoms with Gasteiger partial charge in [-0.3, -0.25) is 0 Å². The van der Waals surface area contributed by atoms with E-state index in [1.165, 1.54) is 12.3 Å². The lowest BCUT2D eigenvalue weighted by molar-refractivity contribution is -0.151. The number of ether oxygens (including phenoxy) is 5. The van der Waals surface area contributed by atoms with E-state index in [0.717, 1.165) is 6.42 Å². The minimum Gasteiger partial charge on any atom is -0.479 e. The van der Waals surface area contributed by atoms with Gasteiger partial charge in [0.15, 0.2) is 12.2 Å². The predicted molar refractivity (Wildman–Crippen MR) is 134 cm³/mol. The number of hydrogen-bond donors (Lipinski definition) is 0. The smallest absolute Gasteiger partial charge is 0.352 e. The minimum atomic E-state index is -0.881. The molecular weight excluding hydrogens is 509 g/mol. The molecule has 0 spiro atoms. The van der Waals surface area contributed by atoms with Crippen molar-refractivity contribution in [3.63, 3.8) is 0 Å². The lowest BCUT2D eigenvalue weighted by Crippen LogP contribution is -2.28. The van der Waals surface area contributed by atoms with Crippen LogP contribution in [0.5, 0.6) is 28.9 Å². The van der Waals surface area contributed by atoms with Gasteiger partial charge < -0.3 is 23.7 Å². The van der Waals surface area contributed by atoms with Crippen LogP contribution in [0.25, 0.3) is 0 Å². The molecule has 0 amide bonds. The molecule has 0 N–H and O–H groups in total. The number of rotatable bonds is 11. The van der Waals surface area contributed by atoms with Crippen molar-refractivity contribution in [2.45, 2.75) is 39.4 Å². The molecule has 0 saturated heterocycles. The summed E-state index contributed by atoms with van der Waals surface area (Å²) in [6, 6.07) is 14.4. The fraction of sp³-hybridized carbons (Fsp3) is 0.269. The number of carbonyl (C=O) groups is 2. The number of nitrogens with zero attached hydrogens (tertiary/aromatic N) is 1. The molecule has 2 atom stereocenters. The molecule has 190 valence electrons. The molecule has 0 radical (unpaired) electrons. The van der Waals surface area contributed by atoms with Gasteiger partial charge in [0.1, 0.15) is 28.0 Å². The van der Waals surface area contributed by atoms with Crippen molar-refractivity contribution in [3.8, 4) is 28.9 Å². The van der Waals surface area contributed by atoms with Gasteiger partial charge in [0.2, 0.25) is 5.88 Å². The van der Waals surface area contributed by atoms with Crippen LogP contribution >= 0.6 is 23.2 Å². The largest absolute Gasteiger partial charge is 0.479 e. The Morgan fingerprint density at radius 3 is 1.92 bits per heavy atom. The third kappa shape index (κ3) is 8.03. The van der Waals surface area contributed by atoms with Gasteiger partial charge in [-0.1, -0.05) is 30.1 Å². The molecular formula is C26H25Cl2NO7. The topological polar surface area (TPSA) is 93.2 Å². The van der Waals surface area contributed by atoms with E-state index in [1.807, 2.05) is 6.92 Å². The van der Waals surface area contributed by atoms with Gasteiger partial charge in [-0.05, 0) is 74.9 Å². The molecule has 0 aliphatic rings. The molecule has 0 saturated carbocycles. The molecule has 0 unspecified atom stereocenters. The van der Waals surface area contributed by atoms with Crippen LogP contribution in [0.15, 0.2) is 60.8 Å². The van der Waals surface area contributed by atoms with Crippen molar-refractivity contribution >= 4 is 35.1 Å². The highest BCUT2D eigenvalue weighted by Gasteiger charge is 2.19. The van der Waals surface area contributed by atoms with E-state index in [2.05, 4.69) is 4.98 Å². The van der Waals surface area contributed by atoms with E-state index in [9.17, 15) is 9.59 Å². The summed E-state index contributed by atoms with van der Waals surface area (Å²) in [4.78, 5) is 28.3. The van der Waals surface area contributed by atoms with Crippen molar-refractivity contribution in [3.05, 3.63) is 70.8 Å². The molecule has 1 aromatic heterocycles. The van der Waals surface area contributed by atoms with Crippen LogP contribution in [0, 0.1) is 0 Å². The molecule has 0 aliphatic heterocycles. The number of benzene rings is 2. The molecule has 2 aromatic carbocycles. The number of esters is 2. The van der Waals surface area contributed by atoms with Gasteiger partial charge in [-0.2, -0.15) is 0 Å². The maximum atomic E-state index is 12.4. The highest BCUT2D eigenvalue weighted by atomic mass is 35.5. The van der Waals surface area contributed by atoms with Gasteiger partial charge in [-0.15, -0.1) is 0 Å². The number of pyridine rings is 1. The summed E-state index contributed by atoms with van der Waals surface area (Å²) in [5, 5.41) is 0.683.